The van der Waals surface area contributed by atoms with Gasteiger partial charge in [-0.1, -0.05) is 0 Å². The molecule has 3 heterocycles. The second kappa shape index (κ2) is 6.20. The number of fused-ring (bicyclic) bond motifs is 1. The molecule has 0 bridgehead atoms. The number of nitrogen functional groups attached to an aromatic ring is 1. The van der Waals surface area contributed by atoms with Crippen molar-refractivity contribution < 1.29 is 4.79 Å². The zero-order chi connectivity index (χ0) is 15.7. The van der Waals surface area contributed by atoms with E-state index in [1.165, 1.54) is 6.33 Å². The van der Waals surface area contributed by atoms with Crippen LogP contribution in [0.5, 0.6) is 0 Å². The smallest absolute Gasteiger partial charge is 0.219 e. The highest BCUT2D eigenvalue weighted by Crippen LogP contribution is 2.25. The van der Waals surface area contributed by atoms with Gasteiger partial charge in [0.05, 0.1) is 0 Å². The minimum atomic E-state index is 0.175. The third-order valence-electron chi connectivity index (χ3n) is 4.33. The Hall–Kier alpha value is -1.70. The number of halogens is 1. The van der Waals surface area contributed by atoms with Crippen LogP contribution in [0.15, 0.2) is 11.1 Å². The molecule has 0 radical (unpaired) electrons. The maximum atomic E-state index is 11.4. The van der Waals surface area contributed by atoms with E-state index >= 15 is 0 Å². The number of nitrogens with two attached hydrogens (primary N) is 1. The van der Waals surface area contributed by atoms with Crippen LogP contribution in [-0.4, -0.2) is 43.4 Å². The van der Waals surface area contributed by atoms with Gasteiger partial charge in [-0.05, 0) is 41.1 Å². The fourth-order valence-electron chi connectivity index (χ4n) is 2.97. The van der Waals surface area contributed by atoms with Gasteiger partial charge in [-0.25, -0.2) is 15.0 Å². The first-order valence-corrected chi connectivity index (χ1v) is 8.23. The Morgan fingerprint density at radius 1 is 1.41 bits per heavy atom. The van der Waals surface area contributed by atoms with E-state index in [0.717, 1.165) is 49.3 Å². The number of likely N-dealkylation sites (tertiary alicyclic amines) is 1. The molecule has 0 saturated carbocycles. The fourth-order valence-corrected chi connectivity index (χ4v) is 3.50. The summed E-state index contributed by atoms with van der Waals surface area (Å²) < 4.78 is 2.76. The Kier molecular flexibility index (Phi) is 4.28. The van der Waals surface area contributed by atoms with Gasteiger partial charge in [0.15, 0.2) is 21.7 Å². The minimum absolute atomic E-state index is 0.175. The van der Waals surface area contributed by atoms with E-state index in [1.54, 1.807) is 6.92 Å². The number of hydrogen-bond donors (Lipinski definition) is 1. The Morgan fingerprint density at radius 3 is 2.82 bits per heavy atom. The van der Waals surface area contributed by atoms with Crippen molar-refractivity contribution in [2.24, 2.45) is 5.92 Å². The lowest BCUT2D eigenvalue weighted by molar-refractivity contribution is -0.130. The molecule has 0 unspecified atom stereocenters. The molecular weight excluding hydrogens is 348 g/mol. The lowest BCUT2D eigenvalue weighted by atomic mass is 9.93. The summed E-state index contributed by atoms with van der Waals surface area (Å²) in [5, 5.41) is 0. The van der Waals surface area contributed by atoms with E-state index < -0.39 is 0 Å². The summed E-state index contributed by atoms with van der Waals surface area (Å²) in [6.45, 7) is 4.19. The van der Waals surface area contributed by atoms with Crippen molar-refractivity contribution in [3.8, 4) is 0 Å². The van der Waals surface area contributed by atoms with Crippen molar-refractivity contribution in [3.05, 3.63) is 11.1 Å². The summed E-state index contributed by atoms with van der Waals surface area (Å²) in [4.78, 5) is 25.9. The molecule has 0 aliphatic carbocycles. The number of rotatable bonds is 3. The van der Waals surface area contributed by atoms with Crippen LogP contribution in [-0.2, 0) is 11.3 Å². The summed E-state index contributed by atoms with van der Waals surface area (Å²) in [7, 11) is 0. The first-order valence-electron chi connectivity index (χ1n) is 7.44. The number of imidazole rings is 1. The molecule has 8 heteroatoms. The lowest BCUT2D eigenvalue weighted by Gasteiger charge is -2.31. The monoisotopic (exact) mass is 366 g/mol. The number of aryl methyl sites for hydroxylation is 1. The molecule has 22 heavy (non-hydrogen) atoms. The number of nitrogens with zero attached hydrogens (tertiary/aromatic N) is 5. The number of hydrogen-bond acceptors (Lipinski definition) is 5. The Morgan fingerprint density at radius 2 is 2.14 bits per heavy atom. The molecule has 1 amide bonds. The predicted molar refractivity (Wildman–Crippen MR) is 87.0 cm³/mol. The third kappa shape index (κ3) is 2.92. The number of anilines is 1. The predicted octanol–water partition coefficient (Wildman–Crippen LogP) is 1.82. The topological polar surface area (TPSA) is 89.9 Å². The molecule has 1 aliphatic heterocycles. The van der Waals surface area contributed by atoms with Crippen LogP contribution in [0.2, 0.25) is 0 Å². The normalized spacial score (nSPS) is 16.4. The zero-order valence-electron chi connectivity index (χ0n) is 12.5. The van der Waals surface area contributed by atoms with Crippen molar-refractivity contribution in [2.75, 3.05) is 18.8 Å². The van der Waals surface area contributed by atoms with Gasteiger partial charge in [-0.2, -0.15) is 0 Å². The van der Waals surface area contributed by atoms with Gasteiger partial charge in [0.25, 0.3) is 0 Å². The summed E-state index contributed by atoms with van der Waals surface area (Å²) in [5.41, 5.74) is 7.24. The number of piperidine rings is 1. The van der Waals surface area contributed by atoms with Crippen molar-refractivity contribution in [3.63, 3.8) is 0 Å². The van der Waals surface area contributed by atoms with Gasteiger partial charge < -0.3 is 15.2 Å². The number of aromatic nitrogens is 4. The van der Waals surface area contributed by atoms with Crippen molar-refractivity contribution in [1.29, 1.82) is 0 Å². The van der Waals surface area contributed by atoms with Gasteiger partial charge in [0.1, 0.15) is 6.33 Å². The van der Waals surface area contributed by atoms with Gasteiger partial charge >= 0.3 is 0 Å². The van der Waals surface area contributed by atoms with Gasteiger partial charge in [0.2, 0.25) is 5.91 Å². The Bertz CT molecular complexity index is 692. The molecule has 2 aromatic heterocycles. The van der Waals surface area contributed by atoms with Crippen LogP contribution in [0.3, 0.4) is 0 Å². The van der Waals surface area contributed by atoms with E-state index in [0.29, 0.717) is 17.3 Å². The second-order valence-corrected chi connectivity index (χ2v) is 6.41. The Labute approximate surface area is 137 Å². The highest BCUT2D eigenvalue weighted by atomic mass is 79.9. The van der Waals surface area contributed by atoms with E-state index in [1.807, 2.05) is 9.47 Å². The SMILES string of the molecule is CC(=O)N1CCC(CCn2c(Br)nc3c(N)ncnc32)CC1. The number of amides is 1. The van der Waals surface area contributed by atoms with Crippen molar-refractivity contribution >= 4 is 38.8 Å². The van der Waals surface area contributed by atoms with Gasteiger partial charge in [-0.3, -0.25) is 4.79 Å². The molecular formula is C14H19BrN6O. The minimum Gasteiger partial charge on any atom is -0.382 e. The third-order valence-corrected chi connectivity index (χ3v) is 4.94. The average molecular weight is 367 g/mol. The van der Waals surface area contributed by atoms with Crippen LogP contribution < -0.4 is 5.73 Å². The molecule has 2 aromatic rings. The van der Waals surface area contributed by atoms with Gasteiger partial charge in [-0.15, -0.1) is 0 Å². The molecule has 0 spiro atoms. The summed E-state index contributed by atoms with van der Waals surface area (Å²) >= 11 is 3.47. The Balaban J connectivity index is 1.66. The highest BCUT2D eigenvalue weighted by molar-refractivity contribution is 9.10. The zero-order valence-corrected chi connectivity index (χ0v) is 14.1. The molecule has 1 fully saturated rings. The quantitative estimate of drug-likeness (QED) is 0.836. The largest absolute Gasteiger partial charge is 0.382 e. The van der Waals surface area contributed by atoms with Crippen LogP contribution in [0, 0.1) is 5.92 Å². The number of carbonyl (C=O) groups excluding carboxylic acids is 1. The molecule has 7 nitrogen and oxygen atoms in total. The molecule has 1 saturated heterocycles. The lowest BCUT2D eigenvalue weighted by Crippen LogP contribution is -2.37. The molecule has 2 N–H and O–H groups in total. The maximum Gasteiger partial charge on any atom is 0.219 e. The van der Waals surface area contributed by atoms with E-state index in [9.17, 15) is 4.79 Å². The van der Waals surface area contributed by atoms with Crippen molar-refractivity contribution in [2.45, 2.75) is 32.7 Å². The molecule has 0 atom stereocenters. The standard InChI is InChI=1S/C14H19BrN6O/c1-9(22)20-5-2-10(3-6-20)4-7-21-13-11(19-14(21)15)12(16)17-8-18-13/h8,10H,2-7H2,1H3,(H2,16,17,18). The average Bonchev–Trinajstić information content (AvgIpc) is 2.83. The molecule has 118 valence electrons. The van der Waals surface area contributed by atoms with E-state index in [2.05, 4.69) is 30.9 Å². The van der Waals surface area contributed by atoms with E-state index in [-0.39, 0.29) is 5.91 Å². The summed E-state index contributed by atoms with van der Waals surface area (Å²) in [6.07, 6.45) is 4.62. The summed E-state index contributed by atoms with van der Waals surface area (Å²) in [5.74, 6) is 1.20. The van der Waals surface area contributed by atoms with Gasteiger partial charge in [0, 0.05) is 26.6 Å². The summed E-state index contributed by atoms with van der Waals surface area (Å²) in [6, 6.07) is 0. The van der Waals surface area contributed by atoms with Crippen LogP contribution >= 0.6 is 15.9 Å². The number of carbonyl (C=O) groups is 1. The first kappa shape index (κ1) is 15.2. The van der Waals surface area contributed by atoms with Crippen molar-refractivity contribution in [1.82, 2.24) is 24.4 Å². The van der Waals surface area contributed by atoms with Crippen LogP contribution in [0.4, 0.5) is 5.82 Å². The molecule has 1 aliphatic rings. The highest BCUT2D eigenvalue weighted by Gasteiger charge is 2.21. The second-order valence-electron chi connectivity index (χ2n) is 5.70. The van der Waals surface area contributed by atoms with Crippen LogP contribution in [0.1, 0.15) is 26.2 Å². The van der Waals surface area contributed by atoms with E-state index in [4.69, 9.17) is 5.73 Å². The molecule has 0 aromatic carbocycles. The molecule has 3 rings (SSSR count). The van der Waals surface area contributed by atoms with Crippen LogP contribution in [0.25, 0.3) is 11.2 Å². The maximum absolute atomic E-state index is 11.4. The first-order chi connectivity index (χ1) is 10.6. The fraction of sp³-hybridized carbons (Fsp3) is 0.571.